The summed E-state index contributed by atoms with van der Waals surface area (Å²) < 4.78 is 35.5. The van der Waals surface area contributed by atoms with Gasteiger partial charge in [0.25, 0.3) is 0 Å². The Labute approximate surface area is 234 Å². The fourth-order valence-corrected chi connectivity index (χ4v) is 3.85. The number of nitrogens with zero attached hydrogens (tertiary/aromatic N) is 1. The number of hydrogen-bond donors (Lipinski definition) is 1. The first kappa shape index (κ1) is 30.4. The van der Waals surface area contributed by atoms with Gasteiger partial charge in [-0.25, -0.2) is 14.0 Å². The molecule has 9 heteroatoms. The summed E-state index contributed by atoms with van der Waals surface area (Å²) in [5.41, 5.74) is 1.51. The van der Waals surface area contributed by atoms with Gasteiger partial charge in [-0.3, -0.25) is 0 Å². The topological polar surface area (TPSA) is 94.5 Å². The highest BCUT2D eigenvalue weighted by Gasteiger charge is 2.18. The summed E-state index contributed by atoms with van der Waals surface area (Å²) >= 11 is 0. The summed E-state index contributed by atoms with van der Waals surface area (Å²) in [6.07, 6.45) is 0.327. The Kier molecular flexibility index (Phi) is 12.8. The molecular formula is C31H36FNO7. The van der Waals surface area contributed by atoms with Crippen molar-refractivity contribution in [3.05, 3.63) is 95.8 Å². The van der Waals surface area contributed by atoms with Crippen molar-refractivity contribution in [1.29, 1.82) is 0 Å². The summed E-state index contributed by atoms with van der Waals surface area (Å²) in [4.78, 5) is 25.8. The number of halogens is 1. The summed E-state index contributed by atoms with van der Waals surface area (Å²) in [6.45, 7) is 3.63. The van der Waals surface area contributed by atoms with Crippen molar-refractivity contribution in [2.75, 3.05) is 32.9 Å². The molecule has 1 N–H and O–H groups in total. The molecule has 1 atom stereocenters. The number of rotatable bonds is 17. The van der Waals surface area contributed by atoms with Crippen LogP contribution in [0.3, 0.4) is 0 Å². The second-order valence-electron chi connectivity index (χ2n) is 9.02. The first-order valence-corrected chi connectivity index (χ1v) is 13.3. The number of benzene rings is 3. The molecule has 0 heterocycles. The maximum Gasteiger partial charge on any atom is 0.410 e. The lowest BCUT2D eigenvalue weighted by molar-refractivity contribution is -0.149. The number of carboxylic acids is 1. The molecule has 0 fully saturated rings. The monoisotopic (exact) mass is 553 g/mol. The molecule has 3 rings (SSSR count). The van der Waals surface area contributed by atoms with Gasteiger partial charge < -0.3 is 29.0 Å². The van der Waals surface area contributed by atoms with Crippen molar-refractivity contribution >= 4 is 12.1 Å². The van der Waals surface area contributed by atoms with Gasteiger partial charge in [-0.15, -0.1) is 0 Å². The van der Waals surface area contributed by atoms with Crippen LogP contribution in [0.2, 0.25) is 0 Å². The van der Waals surface area contributed by atoms with E-state index < -0.39 is 18.2 Å². The fraction of sp³-hybridized carbons (Fsp3) is 0.355. The van der Waals surface area contributed by atoms with Crippen LogP contribution in [0.1, 0.15) is 30.9 Å². The van der Waals surface area contributed by atoms with Crippen LogP contribution < -0.4 is 9.47 Å². The predicted octanol–water partition coefficient (Wildman–Crippen LogP) is 5.73. The second-order valence-corrected chi connectivity index (χ2v) is 9.02. The molecule has 0 aliphatic heterocycles. The Morgan fingerprint density at radius 1 is 0.825 bits per heavy atom. The minimum atomic E-state index is -1.000. The number of para-hydroxylation sites is 1. The number of ether oxygens (including phenoxy) is 4. The van der Waals surface area contributed by atoms with Crippen molar-refractivity contribution < 1.29 is 38.0 Å². The molecule has 8 nitrogen and oxygen atoms in total. The number of hydrogen-bond acceptors (Lipinski definition) is 6. The molecule has 0 saturated heterocycles. The highest BCUT2D eigenvalue weighted by Crippen LogP contribution is 2.15. The normalized spacial score (nSPS) is 11.4. The van der Waals surface area contributed by atoms with Crippen LogP contribution in [0.4, 0.5) is 9.18 Å². The van der Waals surface area contributed by atoms with Crippen LogP contribution in [0.15, 0.2) is 78.9 Å². The Hall–Kier alpha value is -4.11. The number of unbranched alkanes of at least 4 members (excludes halogenated alkanes) is 1. The average molecular weight is 554 g/mol. The molecule has 40 heavy (non-hydrogen) atoms. The first-order chi connectivity index (χ1) is 19.4. The number of carbonyl (C=O) groups is 2. The molecule has 0 bridgehead atoms. The summed E-state index contributed by atoms with van der Waals surface area (Å²) in [6, 6.07) is 22.5. The van der Waals surface area contributed by atoms with Gasteiger partial charge >= 0.3 is 12.1 Å². The van der Waals surface area contributed by atoms with Gasteiger partial charge in [0, 0.05) is 19.6 Å². The van der Waals surface area contributed by atoms with E-state index in [9.17, 15) is 19.1 Å². The van der Waals surface area contributed by atoms with Gasteiger partial charge in [-0.1, -0.05) is 42.5 Å². The highest BCUT2D eigenvalue weighted by atomic mass is 19.1. The molecule has 0 spiro atoms. The maximum atomic E-state index is 13.2. The number of amides is 1. The lowest BCUT2D eigenvalue weighted by atomic mass is 10.1. The summed E-state index contributed by atoms with van der Waals surface area (Å²) in [7, 11) is 0. The van der Waals surface area contributed by atoms with E-state index in [0.29, 0.717) is 44.0 Å². The molecule has 1 unspecified atom stereocenters. The molecule has 3 aromatic rings. The Morgan fingerprint density at radius 2 is 1.48 bits per heavy atom. The van der Waals surface area contributed by atoms with Gasteiger partial charge in [0.15, 0.2) is 6.10 Å². The van der Waals surface area contributed by atoms with E-state index in [-0.39, 0.29) is 25.5 Å². The van der Waals surface area contributed by atoms with Crippen LogP contribution in [-0.2, 0) is 27.3 Å². The predicted molar refractivity (Wildman–Crippen MR) is 148 cm³/mol. The van der Waals surface area contributed by atoms with E-state index in [1.807, 2.05) is 30.3 Å². The maximum absolute atomic E-state index is 13.2. The number of aliphatic carboxylic acids is 1. The Morgan fingerprint density at radius 3 is 2.15 bits per heavy atom. The molecule has 1 amide bonds. The number of carbonyl (C=O) groups excluding carboxylic acids is 1. The van der Waals surface area contributed by atoms with E-state index in [2.05, 4.69) is 0 Å². The van der Waals surface area contributed by atoms with Crippen LogP contribution in [0.25, 0.3) is 0 Å². The smallest absolute Gasteiger partial charge is 0.410 e. The van der Waals surface area contributed by atoms with E-state index in [1.165, 1.54) is 12.1 Å². The molecule has 3 aromatic carbocycles. The van der Waals surface area contributed by atoms with Gasteiger partial charge in [-0.05, 0) is 67.3 Å². The van der Waals surface area contributed by atoms with E-state index in [4.69, 9.17) is 18.9 Å². The van der Waals surface area contributed by atoms with Gasteiger partial charge in [-0.2, -0.15) is 0 Å². The van der Waals surface area contributed by atoms with E-state index in [1.54, 1.807) is 48.2 Å². The third-order valence-corrected chi connectivity index (χ3v) is 5.99. The van der Waals surface area contributed by atoms with Crippen LogP contribution in [0, 0.1) is 5.82 Å². The molecule has 214 valence electrons. The zero-order valence-electron chi connectivity index (χ0n) is 22.7. The minimum Gasteiger partial charge on any atom is -0.494 e. The van der Waals surface area contributed by atoms with Crippen molar-refractivity contribution in [1.82, 2.24) is 4.90 Å². The van der Waals surface area contributed by atoms with Gasteiger partial charge in [0.2, 0.25) is 0 Å². The zero-order valence-corrected chi connectivity index (χ0v) is 22.7. The Bertz CT molecular complexity index is 1160. The molecule has 0 aliphatic carbocycles. The van der Waals surface area contributed by atoms with Crippen LogP contribution in [-0.4, -0.2) is 61.1 Å². The lowest BCUT2D eigenvalue weighted by Crippen LogP contribution is -2.36. The van der Waals surface area contributed by atoms with E-state index in [0.717, 1.165) is 17.7 Å². The van der Waals surface area contributed by atoms with E-state index >= 15 is 0 Å². The largest absolute Gasteiger partial charge is 0.494 e. The molecule has 0 radical (unpaired) electrons. The number of carboxylic acid groups (broad SMARTS) is 1. The van der Waals surface area contributed by atoms with Gasteiger partial charge in [0.05, 0.1) is 13.2 Å². The van der Waals surface area contributed by atoms with Gasteiger partial charge in [0.1, 0.15) is 30.5 Å². The van der Waals surface area contributed by atoms with Crippen molar-refractivity contribution in [3.8, 4) is 11.5 Å². The third kappa shape index (κ3) is 10.9. The molecule has 0 saturated carbocycles. The minimum absolute atomic E-state index is 0.0358. The summed E-state index contributed by atoms with van der Waals surface area (Å²) in [5, 5.41) is 9.28. The van der Waals surface area contributed by atoms with Crippen LogP contribution in [0.5, 0.6) is 11.5 Å². The highest BCUT2D eigenvalue weighted by molar-refractivity contribution is 5.72. The SMILES string of the molecule is CCOC(Cc1ccc(OCCN(CCCCOc2ccccc2)C(=O)OCc2ccc(F)cc2)cc1)C(=O)O. The fourth-order valence-electron chi connectivity index (χ4n) is 3.85. The lowest BCUT2D eigenvalue weighted by Gasteiger charge is -2.22. The average Bonchev–Trinajstić information content (AvgIpc) is 2.96. The molecular weight excluding hydrogens is 517 g/mol. The third-order valence-electron chi connectivity index (χ3n) is 5.99. The first-order valence-electron chi connectivity index (χ1n) is 13.3. The summed E-state index contributed by atoms with van der Waals surface area (Å²) in [5.74, 6) is 0.0487. The van der Waals surface area contributed by atoms with Crippen molar-refractivity contribution in [3.63, 3.8) is 0 Å². The second kappa shape index (κ2) is 16.8. The van der Waals surface area contributed by atoms with Crippen molar-refractivity contribution in [2.24, 2.45) is 0 Å². The Balaban J connectivity index is 1.49. The molecule has 0 aromatic heterocycles. The van der Waals surface area contributed by atoms with Crippen LogP contribution >= 0.6 is 0 Å². The quantitative estimate of drug-likeness (QED) is 0.213. The molecule has 0 aliphatic rings. The standard InChI is InChI=1S/C31H36FNO7/c1-2-37-29(30(34)35)22-24-12-16-28(17-13-24)39-21-19-33(18-6-7-20-38-27-8-4-3-5-9-27)31(36)40-23-25-10-14-26(32)15-11-25/h3-5,8-17,29H,2,6-7,18-23H2,1H3,(H,34,35). The zero-order chi connectivity index (χ0) is 28.6. The van der Waals surface area contributed by atoms with Crippen molar-refractivity contribution in [2.45, 2.75) is 38.9 Å².